The number of hydrogen-bond acceptors (Lipinski definition) is 4. The average molecular weight is 402 g/mol. The number of nitrogens with zero attached hydrogens (tertiary/aromatic N) is 1. The number of benzene rings is 2. The van der Waals surface area contributed by atoms with Crippen LogP contribution >= 0.6 is 0 Å². The number of rotatable bonds is 7. The number of carbonyl (C=O) groups excluding carboxylic acids is 1. The molecule has 10 heteroatoms. The summed E-state index contributed by atoms with van der Waals surface area (Å²) in [5.74, 6) is -1.05. The van der Waals surface area contributed by atoms with Gasteiger partial charge in [-0.25, -0.2) is 8.42 Å². The number of carbonyl (C=O) groups is 1. The first kappa shape index (κ1) is 20.7. The number of halogens is 3. The van der Waals surface area contributed by atoms with Crippen LogP contribution in [0.5, 0.6) is 5.75 Å². The van der Waals surface area contributed by atoms with Gasteiger partial charge in [0.05, 0.1) is 12.8 Å². The number of ether oxygens (including phenoxy) is 1. The molecule has 27 heavy (non-hydrogen) atoms. The molecule has 0 saturated carbocycles. The molecule has 0 bridgehead atoms. The first-order chi connectivity index (χ1) is 12.5. The lowest BCUT2D eigenvalue weighted by Gasteiger charge is -2.19. The van der Waals surface area contributed by atoms with Gasteiger partial charge in [-0.3, -0.25) is 4.79 Å². The van der Waals surface area contributed by atoms with Gasteiger partial charge in [-0.2, -0.15) is 4.31 Å². The molecule has 0 atom stereocenters. The molecule has 0 saturated heterocycles. The van der Waals surface area contributed by atoms with Gasteiger partial charge in [0, 0.05) is 12.2 Å². The molecule has 0 heterocycles. The standard InChI is InChI=1S/C17H17F3N2O4S/c1-27(24,25)22(11-13-5-3-2-4-6-13)12-16(23)21-14-7-9-15(10-8-14)26-17(18,19)20/h2-10H,11-12H2,1H3,(H,21,23). The third kappa shape index (κ3) is 7.27. The van der Waals surface area contributed by atoms with E-state index in [1.54, 1.807) is 30.3 Å². The minimum atomic E-state index is -4.81. The van der Waals surface area contributed by atoms with Crippen LogP contribution in [0.3, 0.4) is 0 Å². The molecular weight excluding hydrogens is 385 g/mol. The molecule has 0 aliphatic heterocycles. The SMILES string of the molecule is CS(=O)(=O)N(CC(=O)Nc1ccc(OC(F)(F)F)cc1)Cc1ccccc1. The molecule has 0 fully saturated rings. The van der Waals surface area contributed by atoms with Gasteiger partial charge < -0.3 is 10.1 Å². The summed E-state index contributed by atoms with van der Waals surface area (Å²) >= 11 is 0. The fourth-order valence-electron chi connectivity index (χ4n) is 2.18. The molecule has 1 N–H and O–H groups in total. The summed E-state index contributed by atoms with van der Waals surface area (Å²) in [6, 6.07) is 13.3. The van der Waals surface area contributed by atoms with Crippen molar-refractivity contribution in [3.8, 4) is 5.75 Å². The van der Waals surface area contributed by atoms with E-state index in [2.05, 4.69) is 10.1 Å². The van der Waals surface area contributed by atoms with Gasteiger partial charge in [-0.1, -0.05) is 30.3 Å². The van der Waals surface area contributed by atoms with Crippen LogP contribution in [0.25, 0.3) is 0 Å². The molecule has 0 aliphatic carbocycles. The average Bonchev–Trinajstić information content (AvgIpc) is 2.55. The molecule has 0 unspecified atom stereocenters. The van der Waals surface area contributed by atoms with Crippen LogP contribution in [0.2, 0.25) is 0 Å². The molecule has 0 aromatic heterocycles. The highest BCUT2D eigenvalue weighted by atomic mass is 32.2. The van der Waals surface area contributed by atoms with Gasteiger partial charge in [0.2, 0.25) is 15.9 Å². The maximum Gasteiger partial charge on any atom is 0.573 e. The molecule has 0 spiro atoms. The number of anilines is 1. The van der Waals surface area contributed by atoms with Gasteiger partial charge in [0.1, 0.15) is 5.75 Å². The minimum Gasteiger partial charge on any atom is -0.406 e. The Morgan fingerprint density at radius 2 is 1.67 bits per heavy atom. The van der Waals surface area contributed by atoms with Crippen molar-refractivity contribution in [3.05, 3.63) is 60.2 Å². The number of sulfonamides is 1. The van der Waals surface area contributed by atoms with Crippen molar-refractivity contribution in [1.29, 1.82) is 0 Å². The van der Waals surface area contributed by atoms with Gasteiger partial charge in [-0.05, 0) is 29.8 Å². The molecule has 146 valence electrons. The summed E-state index contributed by atoms with van der Waals surface area (Å²) < 4.78 is 65.0. The second-order valence-corrected chi connectivity index (χ2v) is 7.62. The molecule has 0 aliphatic rings. The Balaban J connectivity index is 2.01. The first-order valence-corrected chi connectivity index (χ1v) is 9.52. The zero-order chi connectivity index (χ0) is 20.1. The van der Waals surface area contributed by atoms with Gasteiger partial charge in [0.25, 0.3) is 0 Å². The third-order valence-corrected chi connectivity index (χ3v) is 4.56. The van der Waals surface area contributed by atoms with E-state index in [4.69, 9.17) is 0 Å². The van der Waals surface area contributed by atoms with Crippen LogP contribution in [-0.2, 0) is 21.4 Å². The second kappa shape index (κ2) is 8.40. The van der Waals surface area contributed by atoms with Crippen LogP contribution < -0.4 is 10.1 Å². The normalized spacial score (nSPS) is 12.0. The summed E-state index contributed by atoms with van der Waals surface area (Å²) in [6.45, 7) is -0.417. The summed E-state index contributed by atoms with van der Waals surface area (Å²) in [6.07, 6.45) is -3.81. The molecule has 2 aromatic carbocycles. The molecule has 2 rings (SSSR count). The highest BCUT2D eigenvalue weighted by Crippen LogP contribution is 2.24. The lowest BCUT2D eigenvalue weighted by molar-refractivity contribution is -0.274. The number of hydrogen-bond donors (Lipinski definition) is 1. The maximum atomic E-state index is 12.1. The number of amides is 1. The Labute approximate surface area is 154 Å². The fourth-order valence-corrected chi connectivity index (χ4v) is 2.91. The zero-order valence-electron chi connectivity index (χ0n) is 14.2. The maximum absolute atomic E-state index is 12.1. The Hall–Kier alpha value is -2.59. The van der Waals surface area contributed by atoms with Crippen molar-refractivity contribution >= 4 is 21.6 Å². The Bertz CT molecular complexity index is 869. The van der Waals surface area contributed by atoms with E-state index < -0.39 is 34.6 Å². The van der Waals surface area contributed by atoms with E-state index in [1.807, 2.05) is 0 Å². The molecular formula is C17H17F3N2O4S. The topological polar surface area (TPSA) is 75.7 Å². The van der Waals surface area contributed by atoms with Crippen LogP contribution in [0.15, 0.2) is 54.6 Å². The quantitative estimate of drug-likeness (QED) is 0.773. The van der Waals surface area contributed by atoms with Crippen molar-refractivity contribution in [2.45, 2.75) is 12.9 Å². The summed E-state index contributed by atoms with van der Waals surface area (Å²) in [5, 5.41) is 2.44. The van der Waals surface area contributed by atoms with E-state index in [9.17, 15) is 26.4 Å². The van der Waals surface area contributed by atoms with E-state index in [-0.39, 0.29) is 12.2 Å². The lowest BCUT2D eigenvalue weighted by atomic mass is 10.2. The number of nitrogens with one attached hydrogen (secondary N) is 1. The molecule has 1 amide bonds. The van der Waals surface area contributed by atoms with Crippen molar-refractivity contribution in [1.82, 2.24) is 4.31 Å². The summed E-state index contributed by atoms with van der Waals surface area (Å²) in [7, 11) is -3.65. The Morgan fingerprint density at radius 1 is 1.07 bits per heavy atom. The van der Waals surface area contributed by atoms with Crippen LogP contribution in [-0.4, -0.2) is 37.8 Å². The highest BCUT2D eigenvalue weighted by molar-refractivity contribution is 7.88. The zero-order valence-corrected chi connectivity index (χ0v) is 15.0. The largest absolute Gasteiger partial charge is 0.573 e. The molecule has 0 radical (unpaired) electrons. The monoisotopic (exact) mass is 402 g/mol. The third-order valence-electron chi connectivity index (χ3n) is 3.36. The van der Waals surface area contributed by atoms with Crippen LogP contribution in [0.4, 0.5) is 18.9 Å². The van der Waals surface area contributed by atoms with Crippen molar-refractivity contribution in [3.63, 3.8) is 0 Å². The van der Waals surface area contributed by atoms with Crippen LogP contribution in [0, 0.1) is 0 Å². The Kier molecular flexibility index (Phi) is 6.45. The van der Waals surface area contributed by atoms with Crippen LogP contribution in [0.1, 0.15) is 5.56 Å². The van der Waals surface area contributed by atoms with Crippen molar-refractivity contribution in [2.75, 3.05) is 18.1 Å². The van der Waals surface area contributed by atoms with Crippen molar-refractivity contribution < 1.29 is 31.1 Å². The predicted octanol–water partition coefficient (Wildman–Crippen LogP) is 2.99. The summed E-state index contributed by atoms with van der Waals surface area (Å²) in [4.78, 5) is 12.1. The van der Waals surface area contributed by atoms with E-state index >= 15 is 0 Å². The first-order valence-electron chi connectivity index (χ1n) is 7.68. The predicted molar refractivity (Wildman–Crippen MR) is 93.5 cm³/mol. The smallest absolute Gasteiger partial charge is 0.406 e. The van der Waals surface area contributed by atoms with Gasteiger partial charge in [-0.15, -0.1) is 13.2 Å². The Morgan fingerprint density at radius 3 is 2.19 bits per heavy atom. The van der Waals surface area contributed by atoms with E-state index in [0.717, 1.165) is 22.7 Å². The second-order valence-electron chi connectivity index (χ2n) is 5.64. The number of alkyl halides is 3. The molecule has 6 nitrogen and oxygen atoms in total. The summed E-state index contributed by atoms with van der Waals surface area (Å²) in [5.41, 5.74) is 0.923. The molecule has 2 aromatic rings. The highest BCUT2D eigenvalue weighted by Gasteiger charge is 2.31. The van der Waals surface area contributed by atoms with Crippen molar-refractivity contribution in [2.24, 2.45) is 0 Å². The van der Waals surface area contributed by atoms with Gasteiger partial charge in [0.15, 0.2) is 0 Å². The van der Waals surface area contributed by atoms with E-state index in [0.29, 0.717) is 5.56 Å². The lowest BCUT2D eigenvalue weighted by Crippen LogP contribution is -2.36. The minimum absolute atomic E-state index is 0.0193. The van der Waals surface area contributed by atoms with E-state index in [1.165, 1.54) is 12.1 Å². The van der Waals surface area contributed by atoms with Gasteiger partial charge >= 0.3 is 6.36 Å². The fraction of sp³-hybridized carbons (Fsp3) is 0.235.